The van der Waals surface area contributed by atoms with E-state index in [0.717, 1.165) is 34.2 Å². The minimum Gasteiger partial charge on any atom is -0.304 e. The molecule has 0 spiro atoms. The van der Waals surface area contributed by atoms with E-state index >= 15 is 0 Å². The number of amides is 1. The maximum atomic E-state index is 12.9. The lowest BCUT2D eigenvalue weighted by atomic mass is 10.0. The van der Waals surface area contributed by atoms with Crippen LogP contribution in [-0.4, -0.2) is 36.3 Å². The highest BCUT2D eigenvalue weighted by Crippen LogP contribution is 2.25. The van der Waals surface area contributed by atoms with Crippen LogP contribution < -0.4 is 4.80 Å². The van der Waals surface area contributed by atoms with E-state index in [1.807, 2.05) is 18.4 Å². The van der Waals surface area contributed by atoms with E-state index in [4.69, 9.17) is 6.42 Å². The van der Waals surface area contributed by atoms with E-state index < -0.39 is 15.9 Å². The zero-order valence-electron chi connectivity index (χ0n) is 19.0. The Morgan fingerprint density at radius 2 is 1.85 bits per heavy atom. The molecule has 0 aliphatic carbocycles. The summed E-state index contributed by atoms with van der Waals surface area (Å²) in [5.74, 6) is 2.75. The first-order valence-corrected chi connectivity index (χ1v) is 13.2. The van der Waals surface area contributed by atoms with Crippen LogP contribution in [-0.2, 0) is 16.6 Å². The fourth-order valence-electron chi connectivity index (χ4n) is 4.21. The third-order valence-corrected chi connectivity index (χ3v) is 8.98. The summed E-state index contributed by atoms with van der Waals surface area (Å²) in [6, 6.07) is 10.2. The molecule has 8 heteroatoms. The largest absolute Gasteiger partial charge is 0.304 e. The smallest absolute Gasteiger partial charge is 0.279 e. The zero-order valence-corrected chi connectivity index (χ0v) is 20.7. The minimum absolute atomic E-state index is 0.198. The number of hydrogen-bond donors (Lipinski definition) is 0. The topological polar surface area (TPSA) is 71.7 Å². The number of piperidine rings is 1. The molecule has 1 aromatic heterocycles. The van der Waals surface area contributed by atoms with Gasteiger partial charge in [0.2, 0.25) is 10.0 Å². The van der Waals surface area contributed by atoms with E-state index in [1.165, 1.54) is 39.9 Å². The van der Waals surface area contributed by atoms with E-state index in [0.29, 0.717) is 35.9 Å². The lowest BCUT2D eigenvalue weighted by Gasteiger charge is -2.29. The van der Waals surface area contributed by atoms with Crippen LogP contribution in [0.3, 0.4) is 0 Å². The first kappa shape index (κ1) is 23.4. The fraction of sp³-hybridized carbons (Fsp3) is 0.360. The highest BCUT2D eigenvalue weighted by atomic mass is 32.2. The number of sulfonamides is 1. The number of terminal acetylenes is 1. The Kier molecular flexibility index (Phi) is 6.57. The molecule has 1 aliphatic heterocycles. The standard InChI is InChI=1S/C25H27N3O3S2/c1-5-12-28-23-19(4)15-18(3)16-22(23)32-25(28)26-24(29)20-6-8-21(9-7-20)33(30,31)27-13-10-17(2)11-14-27/h1,6-9,15-17H,10-14H2,2-4H3. The normalized spacial score (nSPS) is 16.2. The summed E-state index contributed by atoms with van der Waals surface area (Å²) in [6.07, 6.45) is 7.30. The summed E-state index contributed by atoms with van der Waals surface area (Å²) in [7, 11) is -3.56. The monoisotopic (exact) mass is 481 g/mol. The SMILES string of the molecule is C#CCn1c(=NC(=O)c2ccc(S(=O)(=O)N3CCC(C)CC3)cc2)sc2cc(C)cc(C)c21. The van der Waals surface area contributed by atoms with Crippen molar-refractivity contribution >= 4 is 37.5 Å². The van der Waals surface area contributed by atoms with Crippen LogP contribution in [0.15, 0.2) is 46.3 Å². The van der Waals surface area contributed by atoms with Crippen LogP contribution in [0, 0.1) is 32.1 Å². The number of aromatic nitrogens is 1. The summed E-state index contributed by atoms with van der Waals surface area (Å²) >= 11 is 1.42. The van der Waals surface area contributed by atoms with Gasteiger partial charge in [0.05, 0.1) is 21.7 Å². The molecule has 0 saturated carbocycles. The average Bonchev–Trinajstić information content (AvgIpc) is 3.11. The first-order chi connectivity index (χ1) is 15.7. The van der Waals surface area contributed by atoms with Crippen molar-refractivity contribution in [3.8, 4) is 12.3 Å². The van der Waals surface area contributed by atoms with Gasteiger partial charge < -0.3 is 4.57 Å². The van der Waals surface area contributed by atoms with E-state index in [9.17, 15) is 13.2 Å². The van der Waals surface area contributed by atoms with Crippen molar-refractivity contribution in [3.63, 3.8) is 0 Å². The predicted octanol–water partition coefficient (Wildman–Crippen LogP) is 4.11. The number of benzene rings is 2. The summed E-state index contributed by atoms with van der Waals surface area (Å²) in [5.41, 5.74) is 3.52. The van der Waals surface area contributed by atoms with Crippen molar-refractivity contribution in [3.05, 3.63) is 57.9 Å². The number of aryl methyl sites for hydroxylation is 2. The summed E-state index contributed by atoms with van der Waals surface area (Å²) in [4.78, 5) is 18.0. The lowest BCUT2D eigenvalue weighted by molar-refractivity contribution is 0.0997. The van der Waals surface area contributed by atoms with Crippen LogP contribution in [0.1, 0.15) is 41.3 Å². The molecule has 0 unspecified atom stereocenters. The molecule has 6 nitrogen and oxygen atoms in total. The molecule has 172 valence electrons. The van der Waals surface area contributed by atoms with Gasteiger partial charge in [0.15, 0.2) is 4.80 Å². The van der Waals surface area contributed by atoms with Crippen molar-refractivity contribution in [2.45, 2.75) is 45.1 Å². The molecule has 1 amide bonds. The molecule has 1 saturated heterocycles. The molecule has 1 fully saturated rings. The highest BCUT2D eigenvalue weighted by molar-refractivity contribution is 7.89. The number of nitrogens with zero attached hydrogens (tertiary/aromatic N) is 3. The van der Waals surface area contributed by atoms with Crippen LogP contribution >= 0.6 is 11.3 Å². The van der Waals surface area contributed by atoms with Crippen LogP contribution in [0.5, 0.6) is 0 Å². The molecular weight excluding hydrogens is 454 g/mol. The summed E-state index contributed by atoms with van der Waals surface area (Å²) in [5, 5.41) is 0. The quantitative estimate of drug-likeness (QED) is 0.527. The van der Waals surface area contributed by atoms with Gasteiger partial charge in [-0.25, -0.2) is 8.42 Å². The molecule has 2 aromatic carbocycles. The molecule has 0 N–H and O–H groups in total. The van der Waals surface area contributed by atoms with Crippen molar-refractivity contribution < 1.29 is 13.2 Å². The van der Waals surface area contributed by atoms with Gasteiger partial charge in [0, 0.05) is 18.7 Å². The van der Waals surface area contributed by atoms with Gasteiger partial charge in [-0.15, -0.1) is 6.42 Å². The van der Waals surface area contributed by atoms with E-state index in [-0.39, 0.29) is 4.90 Å². The fourth-order valence-corrected chi connectivity index (χ4v) is 6.88. The number of carbonyl (C=O) groups excluding carboxylic acids is 1. The highest BCUT2D eigenvalue weighted by Gasteiger charge is 2.28. The maximum Gasteiger partial charge on any atom is 0.279 e. The third-order valence-electron chi connectivity index (χ3n) is 6.04. The van der Waals surface area contributed by atoms with Crippen molar-refractivity contribution in [1.29, 1.82) is 0 Å². The molecule has 4 rings (SSSR count). The molecule has 0 radical (unpaired) electrons. The second-order valence-corrected chi connectivity index (χ2v) is 11.6. The Morgan fingerprint density at radius 1 is 1.18 bits per heavy atom. The molecule has 0 bridgehead atoms. The Hall–Kier alpha value is -2.73. The van der Waals surface area contributed by atoms with Gasteiger partial charge >= 0.3 is 0 Å². The third kappa shape index (κ3) is 4.67. The number of thiazole rings is 1. The number of carbonyl (C=O) groups is 1. The summed E-state index contributed by atoms with van der Waals surface area (Å²) in [6.45, 7) is 7.55. The maximum absolute atomic E-state index is 12.9. The van der Waals surface area contributed by atoms with Gasteiger partial charge in [-0.1, -0.05) is 30.2 Å². The van der Waals surface area contributed by atoms with E-state index in [2.05, 4.69) is 30.0 Å². The number of rotatable bonds is 4. The van der Waals surface area contributed by atoms with Crippen molar-refractivity contribution in [1.82, 2.24) is 8.87 Å². The van der Waals surface area contributed by atoms with E-state index in [1.54, 1.807) is 0 Å². The lowest BCUT2D eigenvalue weighted by Crippen LogP contribution is -2.37. The van der Waals surface area contributed by atoms with Crippen LogP contribution in [0.4, 0.5) is 0 Å². The van der Waals surface area contributed by atoms with Crippen molar-refractivity contribution in [2.24, 2.45) is 10.9 Å². The second kappa shape index (κ2) is 9.26. The molecule has 33 heavy (non-hydrogen) atoms. The van der Waals surface area contributed by atoms with Gasteiger partial charge in [0.25, 0.3) is 5.91 Å². The Morgan fingerprint density at radius 3 is 2.48 bits per heavy atom. The minimum atomic E-state index is -3.56. The van der Waals surface area contributed by atoms with Gasteiger partial charge in [-0.3, -0.25) is 4.79 Å². The number of fused-ring (bicyclic) bond motifs is 1. The number of hydrogen-bond acceptors (Lipinski definition) is 4. The van der Waals surface area contributed by atoms with Crippen LogP contribution in [0.25, 0.3) is 10.2 Å². The average molecular weight is 482 g/mol. The molecule has 2 heterocycles. The predicted molar refractivity (Wildman–Crippen MR) is 132 cm³/mol. The molecular formula is C25H27N3O3S2. The van der Waals surface area contributed by atoms with Gasteiger partial charge in [-0.05, 0) is 74.1 Å². The molecule has 3 aromatic rings. The second-order valence-electron chi connectivity index (χ2n) is 8.63. The first-order valence-electron chi connectivity index (χ1n) is 10.9. The summed E-state index contributed by atoms with van der Waals surface area (Å²) < 4.78 is 30.3. The molecule has 1 aliphatic rings. The Balaban J connectivity index is 1.66. The van der Waals surface area contributed by atoms with Gasteiger partial charge in [-0.2, -0.15) is 9.30 Å². The Labute approximate surface area is 198 Å². The van der Waals surface area contributed by atoms with Crippen molar-refractivity contribution in [2.75, 3.05) is 13.1 Å². The zero-order chi connectivity index (χ0) is 23.8. The molecule has 0 atom stereocenters. The Bertz CT molecular complexity index is 1420. The van der Waals surface area contributed by atoms with Gasteiger partial charge in [0.1, 0.15) is 0 Å². The van der Waals surface area contributed by atoms with Crippen LogP contribution in [0.2, 0.25) is 0 Å².